The lowest BCUT2D eigenvalue weighted by Crippen LogP contribution is -2.40. The molecule has 3 heterocycles. The first-order valence-electron chi connectivity index (χ1n) is 7.50. The average Bonchev–Trinajstić information content (AvgIpc) is 3.28. The van der Waals surface area contributed by atoms with Crippen molar-refractivity contribution in [1.82, 2.24) is 14.9 Å². The Hall–Kier alpha value is -2.22. The SMILES string of the molecule is O=C(NC(CO)CC1OCCO1)c1ccc(-n2cccc2)nc1. The molecular formula is C16H19N3O4. The van der Waals surface area contributed by atoms with Gasteiger partial charge in [-0.3, -0.25) is 4.79 Å². The van der Waals surface area contributed by atoms with Gasteiger partial charge in [-0.15, -0.1) is 0 Å². The Kier molecular flexibility index (Phi) is 5.02. The standard InChI is InChI=1S/C16H19N3O4/c20-11-13(9-15-22-7-8-23-15)18-16(21)12-3-4-14(17-10-12)19-5-1-2-6-19/h1-6,10,13,15,20H,7-9,11H2,(H,18,21). The lowest BCUT2D eigenvalue weighted by molar-refractivity contribution is -0.0552. The van der Waals surface area contributed by atoms with E-state index in [4.69, 9.17) is 9.47 Å². The summed E-state index contributed by atoms with van der Waals surface area (Å²) in [6.45, 7) is 0.910. The van der Waals surface area contributed by atoms with Gasteiger partial charge in [-0.05, 0) is 24.3 Å². The molecule has 7 nitrogen and oxygen atoms in total. The number of ether oxygens (including phenoxy) is 2. The minimum absolute atomic E-state index is 0.177. The quantitative estimate of drug-likeness (QED) is 0.820. The molecule has 1 fully saturated rings. The smallest absolute Gasteiger partial charge is 0.253 e. The van der Waals surface area contributed by atoms with Crippen molar-refractivity contribution in [3.63, 3.8) is 0 Å². The van der Waals surface area contributed by atoms with Crippen LogP contribution in [0.3, 0.4) is 0 Å². The topological polar surface area (TPSA) is 85.6 Å². The van der Waals surface area contributed by atoms with Crippen molar-refractivity contribution in [1.29, 1.82) is 0 Å². The number of carbonyl (C=O) groups excluding carboxylic acids is 1. The summed E-state index contributed by atoms with van der Waals surface area (Å²) in [6, 6.07) is 6.86. The number of nitrogens with zero attached hydrogens (tertiary/aromatic N) is 2. The highest BCUT2D eigenvalue weighted by Gasteiger charge is 2.22. The first-order valence-corrected chi connectivity index (χ1v) is 7.50. The maximum Gasteiger partial charge on any atom is 0.253 e. The van der Waals surface area contributed by atoms with E-state index in [2.05, 4.69) is 10.3 Å². The maximum absolute atomic E-state index is 12.2. The predicted molar refractivity (Wildman–Crippen MR) is 82.2 cm³/mol. The second-order valence-electron chi connectivity index (χ2n) is 5.26. The van der Waals surface area contributed by atoms with Gasteiger partial charge in [-0.2, -0.15) is 0 Å². The Morgan fingerprint density at radius 2 is 2.09 bits per heavy atom. The Bertz CT molecular complexity index is 621. The van der Waals surface area contributed by atoms with Gasteiger partial charge in [-0.25, -0.2) is 4.98 Å². The fraction of sp³-hybridized carbons (Fsp3) is 0.375. The van der Waals surface area contributed by atoms with Gasteiger partial charge in [0.05, 0.1) is 31.4 Å². The minimum Gasteiger partial charge on any atom is -0.394 e. The molecule has 1 saturated heterocycles. The molecule has 0 aromatic carbocycles. The maximum atomic E-state index is 12.2. The first-order chi connectivity index (χ1) is 11.3. The molecule has 0 radical (unpaired) electrons. The van der Waals surface area contributed by atoms with Crippen LogP contribution in [-0.4, -0.2) is 52.7 Å². The molecule has 0 saturated carbocycles. The molecule has 1 amide bonds. The van der Waals surface area contributed by atoms with Gasteiger partial charge in [0.25, 0.3) is 5.91 Å². The molecule has 2 N–H and O–H groups in total. The van der Waals surface area contributed by atoms with Crippen LogP contribution in [0.15, 0.2) is 42.9 Å². The van der Waals surface area contributed by atoms with E-state index >= 15 is 0 Å². The number of rotatable bonds is 6. The summed E-state index contributed by atoms with van der Waals surface area (Å²) in [5, 5.41) is 12.2. The normalized spacial score (nSPS) is 16.4. The number of pyridine rings is 1. The number of hydrogen-bond donors (Lipinski definition) is 2. The highest BCUT2D eigenvalue weighted by Crippen LogP contribution is 2.11. The fourth-order valence-electron chi connectivity index (χ4n) is 2.38. The van der Waals surface area contributed by atoms with Crippen molar-refractivity contribution in [2.75, 3.05) is 19.8 Å². The highest BCUT2D eigenvalue weighted by atomic mass is 16.7. The summed E-state index contributed by atoms with van der Waals surface area (Å²) in [5.41, 5.74) is 0.438. The van der Waals surface area contributed by atoms with Crippen LogP contribution in [0.1, 0.15) is 16.8 Å². The summed E-state index contributed by atoms with van der Waals surface area (Å²) >= 11 is 0. The van der Waals surface area contributed by atoms with Crippen LogP contribution in [0, 0.1) is 0 Å². The van der Waals surface area contributed by atoms with Gasteiger partial charge in [0.2, 0.25) is 0 Å². The van der Waals surface area contributed by atoms with Crippen LogP contribution in [-0.2, 0) is 9.47 Å². The van der Waals surface area contributed by atoms with Crippen molar-refractivity contribution in [3.8, 4) is 5.82 Å². The molecule has 122 valence electrons. The fourth-order valence-corrected chi connectivity index (χ4v) is 2.38. The van der Waals surface area contributed by atoms with Crippen molar-refractivity contribution in [3.05, 3.63) is 48.4 Å². The largest absolute Gasteiger partial charge is 0.394 e. The minimum atomic E-state index is -0.422. The number of amides is 1. The molecule has 7 heteroatoms. The molecule has 1 aliphatic rings. The Morgan fingerprint density at radius 1 is 1.35 bits per heavy atom. The Balaban J connectivity index is 1.60. The van der Waals surface area contributed by atoms with Crippen LogP contribution in [0.2, 0.25) is 0 Å². The number of carbonyl (C=O) groups is 1. The van der Waals surface area contributed by atoms with Crippen LogP contribution in [0.5, 0.6) is 0 Å². The van der Waals surface area contributed by atoms with E-state index in [0.717, 1.165) is 5.82 Å². The number of aliphatic hydroxyl groups excluding tert-OH is 1. The lowest BCUT2D eigenvalue weighted by atomic mass is 10.2. The summed E-state index contributed by atoms with van der Waals surface area (Å²) in [5.74, 6) is 0.451. The molecule has 3 rings (SSSR count). The third-order valence-corrected chi connectivity index (χ3v) is 3.60. The highest BCUT2D eigenvalue weighted by molar-refractivity contribution is 5.94. The van der Waals surface area contributed by atoms with Gasteiger partial charge in [0, 0.05) is 25.0 Å². The molecular weight excluding hydrogens is 298 g/mol. The Labute approximate surface area is 133 Å². The van der Waals surface area contributed by atoms with E-state index in [0.29, 0.717) is 25.2 Å². The van der Waals surface area contributed by atoms with E-state index in [9.17, 15) is 9.90 Å². The molecule has 0 aliphatic carbocycles. The van der Waals surface area contributed by atoms with Crippen molar-refractivity contribution in [2.45, 2.75) is 18.8 Å². The Morgan fingerprint density at radius 3 is 2.70 bits per heavy atom. The van der Waals surface area contributed by atoms with Crippen LogP contribution in [0.25, 0.3) is 5.82 Å². The summed E-state index contributed by atoms with van der Waals surface area (Å²) in [7, 11) is 0. The summed E-state index contributed by atoms with van der Waals surface area (Å²) < 4.78 is 12.5. The van der Waals surface area contributed by atoms with Gasteiger partial charge >= 0.3 is 0 Å². The van der Waals surface area contributed by atoms with Crippen LogP contribution < -0.4 is 5.32 Å². The van der Waals surface area contributed by atoms with Crippen LogP contribution in [0.4, 0.5) is 0 Å². The zero-order chi connectivity index (χ0) is 16.1. The third-order valence-electron chi connectivity index (χ3n) is 3.60. The summed E-state index contributed by atoms with van der Waals surface area (Å²) in [6.07, 6.45) is 5.32. The number of aliphatic hydroxyl groups is 1. The van der Waals surface area contributed by atoms with Gasteiger partial charge < -0.3 is 24.5 Å². The molecule has 0 bridgehead atoms. The molecule has 2 aromatic heterocycles. The van der Waals surface area contributed by atoms with Crippen molar-refractivity contribution >= 4 is 5.91 Å². The third kappa shape index (κ3) is 3.95. The first kappa shape index (κ1) is 15.7. The predicted octanol–water partition coefficient (Wildman–Crippen LogP) is 0.726. The van der Waals surface area contributed by atoms with Gasteiger partial charge in [0.1, 0.15) is 5.82 Å². The average molecular weight is 317 g/mol. The van der Waals surface area contributed by atoms with Crippen LogP contribution >= 0.6 is 0 Å². The zero-order valence-electron chi connectivity index (χ0n) is 12.6. The van der Waals surface area contributed by atoms with E-state index in [1.165, 1.54) is 6.20 Å². The van der Waals surface area contributed by atoms with E-state index in [1.807, 2.05) is 29.1 Å². The number of hydrogen-bond acceptors (Lipinski definition) is 5. The van der Waals surface area contributed by atoms with Gasteiger partial charge in [-0.1, -0.05) is 0 Å². The number of nitrogens with one attached hydrogen (secondary N) is 1. The summed E-state index contributed by atoms with van der Waals surface area (Å²) in [4.78, 5) is 16.5. The second-order valence-corrected chi connectivity index (χ2v) is 5.26. The van der Waals surface area contributed by atoms with E-state index < -0.39 is 6.04 Å². The second kappa shape index (κ2) is 7.36. The monoisotopic (exact) mass is 317 g/mol. The molecule has 1 unspecified atom stereocenters. The van der Waals surface area contributed by atoms with Crippen molar-refractivity contribution < 1.29 is 19.4 Å². The van der Waals surface area contributed by atoms with E-state index in [1.54, 1.807) is 12.1 Å². The molecule has 1 atom stereocenters. The van der Waals surface area contributed by atoms with Gasteiger partial charge in [0.15, 0.2) is 6.29 Å². The molecule has 2 aromatic rings. The molecule has 1 aliphatic heterocycles. The number of aromatic nitrogens is 2. The lowest BCUT2D eigenvalue weighted by Gasteiger charge is -2.19. The molecule has 0 spiro atoms. The zero-order valence-corrected chi connectivity index (χ0v) is 12.6. The van der Waals surface area contributed by atoms with E-state index in [-0.39, 0.29) is 18.8 Å². The van der Waals surface area contributed by atoms with Crippen molar-refractivity contribution in [2.24, 2.45) is 0 Å². The molecule has 23 heavy (non-hydrogen) atoms.